The quantitative estimate of drug-likeness (QED) is 0.576. The lowest BCUT2D eigenvalue weighted by molar-refractivity contribution is -0.120. The second-order valence-corrected chi connectivity index (χ2v) is 4.10. The van der Waals surface area contributed by atoms with Crippen molar-refractivity contribution in [1.29, 1.82) is 0 Å². The molecule has 0 aromatic carbocycles. The number of carbonyl (C=O) groups excluding carboxylic acids is 1. The van der Waals surface area contributed by atoms with E-state index < -0.39 is 0 Å². The van der Waals surface area contributed by atoms with Gasteiger partial charge in [-0.2, -0.15) is 11.8 Å². The Morgan fingerprint density at radius 1 is 1.45 bits per heavy atom. The van der Waals surface area contributed by atoms with Gasteiger partial charge in [0.1, 0.15) is 5.78 Å². The lowest BCUT2D eigenvalue weighted by Gasteiger charge is -2.09. The first-order valence-electron chi connectivity index (χ1n) is 4.30. The van der Waals surface area contributed by atoms with E-state index in [1.165, 1.54) is 0 Å². The summed E-state index contributed by atoms with van der Waals surface area (Å²) in [5.41, 5.74) is 0. The van der Waals surface area contributed by atoms with E-state index in [1.807, 2.05) is 11.8 Å². The van der Waals surface area contributed by atoms with Gasteiger partial charge in [0.2, 0.25) is 0 Å². The van der Waals surface area contributed by atoms with Crippen LogP contribution in [-0.4, -0.2) is 17.3 Å². The third-order valence-corrected chi connectivity index (χ3v) is 2.82. The summed E-state index contributed by atoms with van der Waals surface area (Å²) in [6.07, 6.45) is 2.06. The Labute approximate surface area is 73.9 Å². The summed E-state index contributed by atoms with van der Waals surface area (Å²) in [5, 5.41) is 0. The predicted octanol–water partition coefficient (Wildman–Crippen LogP) is 2.74. The zero-order valence-electron chi connectivity index (χ0n) is 7.72. The molecule has 0 aromatic heterocycles. The van der Waals surface area contributed by atoms with Crippen molar-refractivity contribution in [2.24, 2.45) is 5.92 Å². The van der Waals surface area contributed by atoms with Gasteiger partial charge in [-0.15, -0.1) is 0 Å². The van der Waals surface area contributed by atoms with E-state index in [0.29, 0.717) is 11.7 Å². The zero-order chi connectivity index (χ0) is 8.69. The lowest BCUT2D eigenvalue weighted by atomic mass is 10.00. The standard InChI is InChI=1S/C9H18OS/c1-4-9(8(3)10)6-7-11-5-2/h9H,4-7H2,1-3H3. The van der Waals surface area contributed by atoms with Crippen molar-refractivity contribution in [1.82, 2.24) is 0 Å². The third-order valence-electron chi connectivity index (χ3n) is 1.88. The van der Waals surface area contributed by atoms with Crippen LogP contribution in [0.25, 0.3) is 0 Å². The van der Waals surface area contributed by atoms with Gasteiger partial charge in [-0.3, -0.25) is 4.79 Å². The third kappa shape index (κ3) is 5.31. The number of rotatable bonds is 6. The van der Waals surface area contributed by atoms with Crippen molar-refractivity contribution in [3.05, 3.63) is 0 Å². The van der Waals surface area contributed by atoms with Crippen molar-refractivity contribution >= 4 is 17.5 Å². The number of hydrogen-bond acceptors (Lipinski definition) is 2. The summed E-state index contributed by atoms with van der Waals surface area (Å²) in [6.45, 7) is 5.94. The van der Waals surface area contributed by atoms with Gasteiger partial charge in [0.05, 0.1) is 0 Å². The van der Waals surface area contributed by atoms with Crippen molar-refractivity contribution in [2.75, 3.05) is 11.5 Å². The Bertz CT molecular complexity index is 112. The average Bonchev–Trinajstić information content (AvgIpc) is 1.97. The first kappa shape index (κ1) is 11.0. The van der Waals surface area contributed by atoms with Crippen LogP contribution in [0.1, 0.15) is 33.6 Å². The summed E-state index contributed by atoms with van der Waals surface area (Å²) < 4.78 is 0. The molecule has 1 atom stereocenters. The Kier molecular flexibility index (Phi) is 6.73. The zero-order valence-corrected chi connectivity index (χ0v) is 8.54. The molecule has 1 unspecified atom stereocenters. The summed E-state index contributed by atoms with van der Waals surface area (Å²) in [7, 11) is 0. The molecule has 1 nitrogen and oxygen atoms in total. The molecular weight excluding hydrogens is 156 g/mol. The second-order valence-electron chi connectivity index (χ2n) is 2.70. The van der Waals surface area contributed by atoms with E-state index in [2.05, 4.69) is 13.8 Å². The number of carbonyl (C=O) groups is 1. The molecule has 66 valence electrons. The van der Waals surface area contributed by atoms with Gasteiger partial charge in [-0.25, -0.2) is 0 Å². The lowest BCUT2D eigenvalue weighted by Crippen LogP contribution is -2.10. The molecule has 0 radical (unpaired) electrons. The van der Waals surface area contributed by atoms with Crippen LogP contribution >= 0.6 is 11.8 Å². The first-order valence-corrected chi connectivity index (χ1v) is 5.46. The van der Waals surface area contributed by atoms with Gasteiger partial charge in [0.25, 0.3) is 0 Å². The molecule has 0 amide bonds. The SMILES string of the molecule is CCSCCC(CC)C(C)=O. The molecule has 0 rings (SSSR count). The van der Waals surface area contributed by atoms with Crippen molar-refractivity contribution in [2.45, 2.75) is 33.6 Å². The van der Waals surface area contributed by atoms with Crippen LogP contribution in [0.4, 0.5) is 0 Å². The maximum Gasteiger partial charge on any atom is 0.132 e. The number of thioether (sulfide) groups is 1. The van der Waals surface area contributed by atoms with E-state index in [9.17, 15) is 4.79 Å². The van der Waals surface area contributed by atoms with Crippen LogP contribution in [0.2, 0.25) is 0 Å². The Balaban J connectivity index is 3.44. The number of ketones is 1. The number of hydrogen-bond donors (Lipinski definition) is 0. The Morgan fingerprint density at radius 2 is 2.09 bits per heavy atom. The first-order chi connectivity index (χ1) is 5.22. The molecule has 0 bridgehead atoms. The van der Waals surface area contributed by atoms with Crippen LogP contribution < -0.4 is 0 Å². The fraction of sp³-hybridized carbons (Fsp3) is 0.889. The highest BCUT2D eigenvalue weighted by atomic mass is 32.2. The van der Waals surface area contributed by atoms with Crippen molar-refractivity contribution < 1.29 is 4.79 Å². The topological polar surface area (TPSA) is 17.1 Å². The van der Waals surface area contributed by atoms with Crippen LogP contribution in [0.3, 0.4) is 0 Å². The van der Waals surface area contributed by atoms with Gasteiger partial charge in [-0.1, -0.05) is 13.8 Å². The molecule has 0 aliphatic rings. The highest BCUT2D eigenvalue weighted by Gasteiger charge is 2.10. The molecule has 0 saturated carbocycles. The normalized spacial score (nSPS) is 13.0. The monoisotopic (exact) mass is 174 g/mol. The summed E-state index contributed by atoms with van der Waals surface area (Å²) in [5.74, 6) is 2.96. The smallest absolute Gasteiger partial charge is 0.132 e. The molecule has 11 heavy (non-hydrogen) atoms. The minimum Gasteiger partial charge on any atom is -0.300 e. The fourth-order valence-electron chi connectivity index (χ4n) is 1.06. The van der Waals surface area contributed by atoms with E-state index in [4.69, 9.17) is 0 Å². The van der Waals surface area contributed by atoms with Crippen LogP contribution in [0.15, 0.2) is 0 Å². The fourth-order valence-corrected chi connectivity index (χ4v) is 1.80. The van der Waals surface area contributed by atoms with Crippen LogP contribution in [-0.2, 0) is 4.79 Å². The van der Waals surface area contributed by atoms with E-state index in [-0.39, 0.29) is 0 Å². The van der Waals surface area contributed by atoms with Crippen molar-refractivity contribution in [3.63, 3.8) is 0 Å². The summed E-state index contributed by atoms with van der Waals surface area (Å²) in [6, 6.07) is 0. The molecule has 0 fully saturated rings. The number of Topliss-reactive ketones (excluding diaryl/α,β-unsaturated/α-hetero) is 1. The maximum atomic E-state index is 11.0. The molecule has 2 heteroatoms. The predicted molar refractivity (Wildman–Crippen MR) is 52.1 cm³/mol. The van der Waals surface area contributed by atoms with Gasteiger partial charge in [0.15, 0.2) is 0 Å². The van der Waals surface area contributed by atoms with E-state index >= 15 is 0 Å². The molecular formula is C9H18OS. The van der Waals surface area contributed by atoms with Crippen LogP contribution in [0, 0.1) is 5.92 Å². The largest absolute Gasteiger partial charge is 0.300 e. The van der Waals surface area contributed by atoms with Gasteiger partial charge in [-0.05, 0) is 31.3 Å². The minimum absolute atomic E-state index is 0.314. The van der Waals surface area contributed by atoms with Crippen molar-refractivity contribution in [3.8, 4) is 0 Å². The van der Waals surface area contributed by atoms with Gasteiger partial charge in [0, 0.05) is 5.92 Å². The van der Waals surface area contributed by atoms with Crippen LogP contribution in [0.5, 0.6) is 0 Å². The Morgan fingerprint density at radius 3 is 2.45 bits per heavy atom. The molecule has 0 heterocycles. The minimum atomic E-state index is 0.314. The van der Waals surface area contributed by atoms with Gasteiger partial charge >= 0.3 is 0 Å². The molecule has 0 aliphatic heterocycles. The molecule has 0 N–H and O–H groups in total. The van der Waals surface area contributed by atoms with E-state index in [1.54, 1.807) is 6.92 Å². The molecule has 0 spiro atoms. The highest BCUT2D eigenvalue weighted by Crippen LogP contribution is 2.13. The Hall–Kier alpha value is 0.0200. The summed E-state index contributed by atoms with van der Waals surface area (Å²) >= 11 is 1.92. The highest BCUT2D eigenvalue weighted by molar-refractivity contribution is 7.99. The summed E-state index contributed by atoms with van der Waals surface area (Å²) in [4.78, 5) is 11.0. The van der Waals surface area contributed by atoms with E-state index in [0.717, 1.165) is 24.3 Å². The maximum absolute atomic E-state index is 11.0. The average molecular weight is 174 g/mol. The van der Waals surface area contributed by atoms with Gasteiger partial charge < -0.3 is 0 Å². The molecule has 0 aromatic rings. The second kappa shape index (κ2) is 6.71. The molecule has 0 saturated heterocycles. The molecule has 0 aliphatic carbocycles.